The van der Waals surface area contributed by atoms with E-state index in [0.717, 1.165) is 27.8 Å². The number of rotatable bonds is 5. The molecule has 0 aliphatic carbocycles. The fraction of sp³-hybridized carbons (Fsp3) is 0.263. The molecule has 0 saturated carbocycles. The second kappa shape index (κ2) is 7.41. The van der Waals surface area contributed by atoms with E-state index in [4.69, 9.17) is 0 Å². The summed E-state index contributed by atoms with van der Waals surface area (Å²) in [5, 5.41) is 10.2. The van der Waals surface area contributed by atoms with Crippen molar-refractivity contribution in [1.82, 2.24) is 14.1 Å². The fourth-order valence-electron chi connectivity index (χ4n) is 2.91. The van der Waals surface area contributed by atoms with Gasteiger partial charge in [-0.05, 0) is 47.4 Å². The van der Waals surface area contributed by atoms with Gasteiger partial charge in [-0.1, -0.05) is 13.8 Å². The molecule has 0 spiro atoms. The molecule has 0 aliphatic heterocycles. The first-order valence-electron chi connectivity index (χ1n) is 8.46. The van der Waals surface area contributed by atoms with Gasteiger partial charge in [0.15, 0.2) is 0 Å². The van der Waals surface area contributed by atoms with Crippen LogP contribution in [0.2, 0.25) is 0 Å². The standard InChI is InChI=1S/C19H18F3N3O3/c1-12(2)16-9-23-8-7-13(16)10-24-11-17(26)25(18(24)27)14-3-5-15(6-4-14)28-19(20,21)22/h3-9,11-12,26H,10H2,1-2H3. The minimum absolute atomic E-state index is 0.205. The summed E-state index contributed by atoms with van der Waals surface area (Å²) in [6, 6.07) is 6.48. The number of ether oxygens (including phenoxy) is 1. The Hall–Kier alpha value is -3.23. The monoisotopic (exact) mass is 393 g/mol. The highest BCUT2D eigenvalue weighted by molar-refractivity contribution is 5.40. The second-order valence-corrected chi connectivity index (χ2v) is 6.50. The molecular weight excluding hydrogens is 375 g/mol. The van der Waals surface area contributed by atoms with E-state index < -0.39 is 17.8 Å². The first-order chi connectivity index (χ1) is 13.2. The number of hydrogen-bond donors (Lipinski definition) is 1. The number of pyridine rings is 1. The van der Waals surface area contributed by atoms with E-state index >= 15 is 0 Å². The Kier molecular flexibility index (Phi) is 5.17. The molecule has 0 amide bonds. The molecule has 9 heteroatoms. The first-order valence-corrected chi connectivity index (χ1v) is 8.46. The van der Waals surface area contributed by atoms with E-state index in [0.29, 0.717) is 0 Å². The van der Waals surface area contributed by atoms with E-state index in [2.05, 4.69) is 9.72 Å². The van der Waals surface area contributed by atoms with Gasteiger partial charge in [0, 0.05) is 12.4 Å². The quantitative estimate of drug-likeness (QED) is 0.716. The minimum Gasteiger partial charge on any atom is -0.493 e. The molecule has 3 rings (SSSR count). The lowest BCUT2D eigenvalue weighted by Crippen LogP contribution is -2.24. The van der Waals surface area contributed by atoms with E-state index in [1.54, 1.807) is 18.5 Å². The minimum atomic E-state index is -4.80. The third-order valence-electron chi connectivity index (χ3n) is 4.17. The van der Waals surface area contributed by atoms with Gasteiger partial charge in [0.2, 0.25) is 5.88 Å². The van der Waals surface area contributed by atoms with Crippen LogP contribution < -0.4 is 10.4 Å². The average Bonchev–Trinajstić information content (AvgIpc) is 2.88. The lowest BCUT2D eigenvalue weighted by atomic mass is 10.00. The third-order valence-corrected chi connectivity index (χ3v) is 4.17. The van der Waals surface area contributed by atoms with E-state index in [1.165, 1.54) is 22.9 Å². The van der Waals surface area contributed by atoms with Crippen molar-refractivity contribution in [2.24, 2.45) is 0 Å². The predicted octanol–water partition coefficient (Wildman–Crippen LogP) is 3.81. The average molecular weight is 393 g/mol. The van der Waals surface area contributed by atoms with Crippen molar-refractivity contribution in [3.63, 3.8) is 0 Å². The van der Waals surface area contributed by atoms with Gasteiger partial charge in [-0.25, -0.2) is 9.36 Å². The summed E-state index contributed by atoms with van der Waals surface area (Å²) in [5.74, 6) is -0.535. The molecule has 0 atom stereocenters. The number of benzene rings is 1. The highest BCUT2D eigenvalue weighted by atomic mass is 19.4. The number of nitrogens with zero attached hydrogens (tertiary/aromatic N) is 3. The molecule has 6 nitrogen and oxygen atoms in total. The zero-order chi connectivity index (χ0) is 20.5. The van der Waals surface area contributed by atoms with Gasteiger partial charge in [0.25, 0.3) is 0 Å². The van der Waals surface area contributed by atoms with Crippen molar-refractivity contribution in [2.45, 2.75) is 32.7 Å². The van der Waals surface area contributed by atoms with Crippen LogP contribution >= 0.6 is 0 Å². The molecular formula is C19H18F3N3O3. The third kappa shape index (κ3) is 4.19. The van der Waals surface area contributed by atoms with Crippen molar-refractivity contribution in [3.05, 3.63) is 70.5 Å². The van der Waals surface area contributed by atoms with Crippen LogP contribution in [-0.2, 0) is 6.54 Å². The lowest BCUT2D eigenvalue weighted by Gasteiger charge is -2.12. The van der Waals surface area contributed by atoms with Crippen LogP contribution in [0.3, 0.4) is 0 Å². The van der Waals surface area contributed by atoms with Crippen molar-refractivity contribution in [1.29, 1.82) is 0 Å². The van der Waals surface area contributed by atoms with Crippen LogP contribution in [0.25, 0.3) is 5.69 Å². The van der Waals surface area contributed by atoms with Crippen LogP contribution in [0, 0.1) is 0 Å². The van der Waals surface area contributed by atoms with E-state index in [1.807, 2.05) is 13.8 Å². The Labute approximate surface area is 158 Å². The topological polar surface area (TPSA) is 69.3 Å². The van der Waals surface area contributed by atoms with Gasteiger partial charge in [-0.15, -0.1) is 13.2 Å². The summed E-state index contributed by atoms with van der Waals surface area (Å²) < 4.78 is 43.0. The van der Waals surface area contributed by atoms with E-state index in [9.17, 15) is 23.1 Å². The summed E-state index contributed by atoms with van der Waals surface area (Å²) in [4.78, 5) is 16.8. The van der Waals surface area contributed by atoms with Crippen LogP contribution in [0.1, 0.15) is 30.9 Å². The second-order valence-electron chi connectivity index (χ2n) is 6.50. The maximum atomic E-state index is 12.7. The SMILES string of the molecule is CC(C)c1cnccc1Cn1cc(O)n(-c2ccc(OC(F)(F)F)cc2)c1=O. The normalized spacial score (nSPS) is 11.8. The zero-order valence-electron chi connectivity index (χ0n) is 15.1. The molecule has 0 unspecified atom stereocenters. The highest BCUT2D eigenvalue weighted by Crippen LogP contribution is 2.25. The van der Waals surface area contributed by atoms with Gasteiger partial charge in [-0.2, -0.15) is 0 Å². The van der Waals surface area contributed by atoms with Gasteiger partial charge < -0.3 is 9.84 Å². The largest absolute Gasteiger partial charge is 0.573 e. The highest BCUT2D eigenvalue weighted by Gasteiger charge is 2.31. The summed E-state index contributed by atoms with van der Waals surface area (Å²) >= 11 is 0. The number of aromatic hydroxyl groups is 1. The molecule has 1 N–H and O–H groups in total. The summed E-state index contributed by atoms with van der Waals surface area (Å²) in [6.45, 7) is 4.25. The smallest absolute Gasteiger partial charge is 0.493 e. The Morgan fingerprint density at radius 2 is 1.86 bits per heavy atom. The van der Waals surface area contributed by atoms with Gasteiger partial charge >= 0.3 is 12.1 Å². The van der Waals surface area contributed by atoms with Gasteiger partial charge in [0.1, 0.15) is 5.75 Å². The number of aromatic nitrogens is 3. The molecule has 2 heterocycles. The molecule has 3 aromatic rings. The van der Waals surface area contributed by atoms with Crippen LogP contribution in [0.15, 0.2) is 53.7 Å². The molecule has 0 radical (unpaired) electrons. The Balaban J connectivity index is 1.92. The number of imidazole rings is 1. The molecule has 28 heavy (non-hydrogen) atoms. The van der Waals surface area contributed by atoms with Crippen molar-refractivity contribution >= 4 is 0 Å². The molecule has 2 aromatic heterocycles. The zero-order valence-corrected chi connectivity index (χ0v) is 15.1. The molecule has 1 aromatic carbocycles. The van der Waals surface area contributed by atoms with Crippen LogP contribution in [0.5, 0.6) is 11.6 Å². The van der Waals surface area contributed by atoms with E-state index in [-0.39, 0.29) is 24.0 Å². The number of hydrogen-bond acceptors (Lipinski definition) is 4. The number of alkyl halides is 3. The van der Waals surface area contributed by atoms with Gasteiger partial charge in [0.05, 0.1) is 18.4 Å². The molecule has 0 saturated heterocycles. The molecule has 0 bridgehead atoms. The number of halogens is 3. The maximum Gasteiger partial charge on any atom is 0.573 e. The Bertz CT molecular complexity index is 1020. The van der Waals surface area contributed by atoms with Crippen molar-refractivity contribution < 1.29 is 23.0 Å². The molecule has 0 fully saturated rings. The Morgan fingerprint density at radius 1 is 1.18 bits per heavy atom. The predicted molar refractivity (Wildman–Crippen MR) is 95.8 cm³/mol. The molecule has 0 aliphatic rings. The Morgan fingerprint density at radius 3 is 2.46 bits per heavy atom. The van der Waals surface area contributed by atoms with Crippen LogP contribution in [0.4, 0.5) is 13.2 Å². The summed E-state index contributed by atoms with van der Waals surface area (Å²) in [5.41, 5.74) is 1.57. The lowest BCUT2D eigenvalue weighted by molar-refractivity contribution is -0.274. The van der Waals surface area contributed by atoms with Crippen LogP contribution in [-0.4, -0.2) is 25.6 Å². The molecule has 148 valence electrons. The summed E-state index contributed by atoms with van der Waals surface area (Å²) in [7, 11) is 0. The van der Waals surface area contributed by atoms with Crippen molar-refractivity contribution in [3.8, 4) is 17.3 Å². The van der Waals surface area contributed by atoms with Crippen molar-refractivity contribution in [2.75, 3.05) is 0 Å². The maximum absolute atomic E-state index is 12.7. The summed E-state index contributed by atoms with van der Waals surface area (Å²) in [6.07, 6.45) is -0.154. The fourth-order valence-corrected chi connectivity index (χ4v) is 2.91. The first kappa shape index (κ1) is 19.5. The van der Waals surface area contributed by atoms with Gasteiger partial charge in [-0.3, -0.25) is 9.55 Å².